The average molecular weight is 350 g/mol. The van der Waals surface area contributed by atoms with Gasteiger partial charge >= 0.3 is 5.97 Å². The van der Waals surface area contributed by atoms with E-state index in [1.54, 1.807) is 13.0 Å². The minimum atomic E-state index is -0.716. The molecule has 1 unspecified atom stereocenters. The molecule has 9 nitrogen and oxygen atoms in total. The third-order valence-corrected chi connectivity index (χ3v) is 4.00. The van der Waals surface area contributed by atoms with E-state index in [2.05, 4.69) is 15.4 Å². The summed E-state index contributed by atoms with van der Waals surface area (Å²) in [4.78, 5) is 26.9. The number of nitro benzene ring substituents is 1. The molecule has 0 radical (unpaired) electrons. The number of methoxy groups -OCH3 is 1. The predicted octanol–water partition coefficient (Wildman–Crippen LogP) is 2.30. The molecule has 24 heavy (non-hydrogen) atoms. The highest BCUT2D eigenvalue weighted by Gasteiger charge is 2.35. The standard InChI is InChI=1S/C14H12ClN5O4/c1-7-11(13(21)24-2)12(19-14(18-7)16-6-17-19)8-3-4-9(15)10(5-8)20(22)23/h3-6,12H,1-2H3,(H,16,17,18). The Hall–Kier alpha value is -2.94. The fourth-order valence-electron chi connectivity index (χ4n) is 2.61. The van der Waals surface area contributed by atoms with Gasteiger partial charge in [-0.05, 0) is 18.6 Å². The zero-order chi connectivity index (χ0) is 17.4. The fourth-order valence-corrected chi connectivity index (χ4v) is 2.80. The Labute approximate surface area is 141 Å². The van der Waals surface area contributed by atoms with Gasteiger partial charge in [-0.15, -0.1) is 0 Å². The molecule has 0 amide bonds. The number of halogens is 1. The Kier molecular flexibility index (Phi) is 3.94. The van der Waals surface area contributed by atoms with Crippen LogP contribution in [-0.2, 0) is 9.53 Å². The molecule has 0 fully saturated rings. The van der Waals surface area contributed by atoms with Gasteiger partial charge in [0, 0.05) is 11.8 Å². The van der Waals surface area contributed by atoms with Crippen LogP contribution >= 0.6 is 11.6 Å². The van der Waals surface area contributed by atoms with Crippen molar-refractivity contribution in [3.05, 3.63) is 56.5 Å². The molecule has 2 heterocycles. The van der Waals surface area contributed by atoms with Crippen LogP contribution in [0, 0.1) is 10.1 Å². The summed E-state index contributed by atoms with van der Waals surface area (Å²) in [5.41, 5.74) is 1.03. The van der Waals surface area contributed by atoms with Gasteiger partial charge in [0.2, 0.25) is 5.95 Å². The molecule has 10 heteroatoms. The lowest BCUT2D eigenvalue weighted by atomic mass is 9.95. The molecule has 0 saturated carbocycles. The highest BCUT2D eigenvalue weighted by Crippen LogP contribution is 2.37. The van der Waals surface area contributed by atoms with Crippen molar-refractivity contribution >= 4 is 29.2 Å². The van der Waals surface area contributed by atoms with Crippen molar-refractivity contribution in [3.63, 3.8) is 0 Å². The number of allylic oxidation sites excluding steroid dienone is 1. The summed E-state index contributed by atoms with van der Waals surface area (Å²) in [7, 11) is 1.26. The minimum absolute atomic E-state index is 0.0109. The van der Waals surface area contributed by atoms with Crippen molar-refractivity contribution < 1.29 is 14.5 Å². The molecule has 0 aliphatic carbocycles. The first kappa shape index (κ1) is 15.9. The molecule has 1 N–H and O–H groups in total. The first-order valence-corrected chi connectivity index (χ1v) is 7.21. The number of anilines is 1. The highest BCUT2D eigenvalue weighted by atomic mass is 35.5. The quantitative estimate of drug-likeness (QED) is 0.514. The van der Waals surface area contributed by atoms with E-state index in [0.717, 1.165) is 0 Å². The first-order valence-electron chi connectivity index (χ1n) is 6.83. The molecule has 1 aromatic heterocycles. The van der Waals surface area contributed by atoms with Gasteiger partial charge in [-0.1, -0.05) is 17.7 Å². The van der Waals surface area contributed by atoms with Crippen LogP contribution < -0.4 is 5.32 Å². The van der Waals surface area contributed by atoms with Crippen molar-refractivity contribution in [2.75, 3.05) is 12.4 Å². The molecule has 1 aromatic carbocycles. The Bertz CT molecular complexity index is 876. The number of nitro groups is 1. The number of carbonyl (C=O) groups is 1. The Balaban J connectivity index is 2.22. The maximum atomic E-state index is 12.2. The fraction of sp³-hybridized carbons (Fsp3) is 0.214. The van der Waals surface area contributed by atoms with Crippen LogP contribution in [0.5, 0.6) is 0 Å². The summed E-state index contributed by atoms with van der Waals surface area (Å²) in [5.74, 6) is -0.147. The number of hydrogen-bond donors (Lipinski definition) is 1. The summed E-state index contributed by atoms with van der Waals surface area (Å²) in [6.07, 6.45) is 1.33. The largest absolute Gasteiger partial charge is 0.466 e. The molecule has 124 valence electrons. The summed E-state index contributed by atoms with van der Waals surface area (Å²) < 4.78 is 6.31. The van der Waals surface area contributed by atoms with Crippen LogP contribution in [0.1, 0.15) is 18.5 Å². The van der Waals surface area contributed by atoms with E-state index in [4.69, 9.17) is 16.3 Å². The molecule has 0 spiro atoms. The lowest BCUT2D eigenvalue weighted by molar-refractivity contribution is -0.384. The SMILES string of the molecule is COC(=O)C1=C(C)Nc2ncnn2C1c1ccc(Cl)c([N+](=O)[O-])c1. The van der Waals surface area contributed by atoms with Gasteiger partial charge in [0.25, 0.3) is 5.69 Å². The summed E-state index contributed by atoms with van der Waals surface area (Å²) in [6, 6.07) is 3.62. The van der Waals surface area contributed by atoms with E-state index in [-0.39, 0.29) is 16.3 Å². The molecule has 0 saturated heterocycles. The number of rotatable bonds is 3. The number of carbonyl (C=O) groups excluding carboxylic acids is 1. The van der Waals surface area contributed by atoms with E-state index in [9.17, 15) is 14.9 Å². The van der Waals surface area contributed by atoms with Crippen molar-refractivity contribution in [1.29, 1.82) is 0 Å². The first-order chi connectivity index (χ1) is 11.4. The van der Waals surface area contributed by atoms with Gasteiger partial charge in [-0.2, -0.15) is 10.1 Å². The Morgan fingerprint density at radius 1 is 1.50 bits per heavy atom. The summed E-state index contributed by atoms with van der Waals surface area (Å²) in [5, 5.41) is 18.2. The predicted molar refractivity (Wildman–Crippen MR) is 84.6 cm³/mol. The minimum Gasteiger partial charge on any atom is -0.466 e. The van der Waals surface area contributed by atoms with Gasteiger partial charge in [0.1, 0.15) is 17.4 Å². The normalized spacial score (nSPS) is 16.4. The van der Waals surface area contributed by atoms with Crippen LogP contribution in [0.2, 0.25) is 5.02 Å². The van der Waals surface area contributed by atoms with Crippen LogP contribution in [0.4, 0.5) is 11.6 Å². The molecule has 3 rings (SSSR count). The zero-order valence-electron chi connectivity index (χ0n) is 12.7. The van der Waals surface area contributed by atoms with Gasteiger partial charge < -0.3 is 10.1 Å². The van der Waals surface area contributed by atoms with E-state index < -0.39 is 16.9 Å². The van der Waals surface area contributed by atoms with E-state index in [1.807, 2.05) is 0 Å². The van der Waals surface area contributed by atoms with E-state index in [1.165, 1.54) is 30.3 Å². The van der Waals surface area contributed by atoms with Gasteiger partial charge in [-0.25, -0.2) is 9.48 Å². The number of ether oxygens (including phenoxy) is 1. The molecule has 2 aromatic rings. The summed E-state index contributed by atoms with van der Waals surface area (Å²) in [6.45, 7) is 1.70. The number of esters is 1. The smallest absolute Gasteiger partial charge is 0.338 e. The topological polar surface area (TPSA) is 112 Å². The number of aromatic nitrogens is 3. The number of nitrogens with one attached hydrogen (secondary N) is 1. The zero-order valence-corrected chi connectivity index (χ0v) is 13.4. The Morgan fingerprint density at radius 3 is 2.92 bits per heavy atom. The summed E-state index contributed by atoms with van der Waals surface area (Å²) >= 11 is 5.87. The van der Waals surface area contributed by atoms with Crippen molar-refractivity contribution in [1.82, 2.24) is 14.8 Å². The molecule has 0 bridgehead atoms. The van der Waals surface area contributed by atoms with Gasteiger partial charge in [0.15, 0.2) is 0 Å². The van der Waals surface area contributed by atoms with Crippen LogP contribution in [0.25, 0.3) is 0 Å². The molecule has 1 aliphatic heterocycles. The third-order valence-electron chi connectivity index (χ3n) is 3.68. The number of fused-ring (bicyclic) bond motifs is 1. The van der Waals surface area contributed by atoms with Crippen LogP contribution in [0.15, 0.2) is 35.8 Å². The van der Waals surface area contributed by atoms with Crippen LogP contribution in [0.3, 0.4) is 0 Å². The average Bonchev–Trinajstić information content (AvgIpc) is 3.01. The second kappa shape index (κ2) is 5.93. The van der Waals surface area contributed by atoms with Gasteiger partial charge in [-0.3, -0.25) is 10.1 Å². The lowest BCUT2D eigenvalue weighted by Crippen LogP contribution is -2.29. The number of hydrogen-bond acceptors (Lipinski definition) is 7. The number of nitrogens with zero attached hydrogens (tertiary/aromatic N) is 4. The van der Waals surface area contributed by atoms with Crippen molar-refractivity contribution in [2.45, 2.75) is 13.0 Å². The monoisotopic (exact) mass is 349 g/mol. The molecule has 1 aliphatic rings. The highest BCUT2D eigenvalue weighted by molar-refractivity contribution is 6.32. The number of benzene rings is 1. The Morgan fingerprint density at radius 2 is 2.25 bits per heavy atom. The maximum Gasteiger partial charge on any atom is 0.338 e. The van der Waals surface area contributed by atoms with E-state index >= 15 is 0 Å². The van der Waals surface area contributed by atoms with E-state index in [0.29, 0.717) is 17.2 Å². The van der Waals surface area contributed by atoms with Crippen molar-refractivity contribution in [3.8, 4) is 0 Å². The van der Waals surface area contributed by atoms with Crippen LogP contribution in [-0.4, -0.2) is 32.8 Å². The second-order valence-electron chi connectivity index (χ2n) is 5.05. The van der Waals surface area contributed by atoms with Gasteiger partial charge in [0.05, 0.1) is 17.6 Å². The maximum absolute atomic E-state index is 12.2. The second-order valence-corrected chi connectivity index (χ2v) is 5.46. The molecular weight excluding hydrogens is 338 g/mol. The lowest BCUT2D eigenvalue weighted by Gasteiger charge is -2.27. The molecular formula is C14H12ClN5O4. The molecule has 1 atom stereocenters. The van der Waals surface area contributed by atoms with Crippen molar-refractivity contribution in [2.24, 2.45) is 0 Å². The third kappa shape index (κ3) is 2.48.